The second kappa shape index (κ2) is 4.62. The normalized spacial score (nSPS) is 20.5. The number of hydrogen-bond donors (Lipinski definition) is 0. The van der Waals surface area contributed by atoms with Crippen molar-refractivity contribution in [2.24, 2.45) is 0 Å². The third-order valence-corrected chi connectivity index (χ3v) is 3.20. The molecule has 3 heteroatoms. The summed E-state index contributed by atoms with van der Waals surface area (Å²) in [7, 11) is 0. The van der Waals surface area contributed by atoms with Crippen molar-refractivity contribution in [3.8, 4) is 0 Å². The highest BCUT2D eigenvalue weighted by atomic mass is 16.2. The zero-order chi connectivity index (χ0) is 12.4. The topological polar surface area (TPSA) is 25.2 Å². The molecule has 0 saturated heterocycles. The summed E-state index contributed by atoms with van der Waals surface area (Å²) in [5.74, 6) is 0.120. The Morgan fingerprint density at radius 3 is 2.65 bits per heavy atom. The number of carbonyl (C=O) groups is 1. The van der Waals surface area contributed by atoms with E-state index in [0.29, 0.717) is 13.1 Å². The van der Waals surface area contributed by atoms with Crippen LogP contribution in [0.4, 0.5) is 0 Å². The fourth-order valence-electron chi connectivity index (χ4n) is 2.26. The maximum absolute atomic E-state index is 11.6. The Hall–Kier alpha value is -1.77. The summed E-state index contributed by atoms with van der Waals surface area (Å²) in [5.41, 5.74) is 3.53. The molecule has 1 aliphatic rings. The molecule has 17 heavy (non-hydrogen) atoms. The summed E-state index contributed by atoms with van der Waals surface area (Å²) in [6.07, 6.45) is 6.24. The smallest absolute Gasteiger partial charge is 0.220 e. The maximum Gasteiger partial charge on any atom is 0.220 e. The predicted molar refractivity (Wildman–Crippen MR) is 69.2 cm³/mol. The van der Waals surface area contributed by atoms with E-state index < -0.39 is 0 Å². The van der Waals surface area contributed by atoms with E-state index in [2.05, 4.69) is 29.0 Å². The number of rotatable bonds is 0. The summed E-state index contributed by atoms with van der Waals surface area (Å²) < 4.78 is 2.16. The Labute approximate surface area is 102 Å². The fourth-order valence-corrected chi connectivity index (χ4v) is 2.26. The number of allylic oxidation sites excluding steroid dienone is 2. The molecule has 1 aromatic heterocycles. The van der Waals surface area contributed by atoms with Crippen LogP contribution in [-0.4, -0.2) is 21.9 Å². The van der Waals surface area contributed by atoms with Crippen LogP contribution in [0.1, 0.15) is 26.5 Å². The van der Waals surface area contributed by atoms with Gasteiger partial charge < -0.3 is 9.47 Å². The van der Waals surface area contributed by atoms with E-state index in [1.165, 1.54) is 11.3 Å². The van der Waals surface area contributed by atoms with Gasteiger partial charge in [0.1, 0.15) is 0 Å². The number of fused-ring (bicyclic) bond motifs is 1. The molecule has 2 rings (SSSR count). The van der Waals surface area contributed by atoms with Gasteiger partial charge in [-0.1, -0.05) is 12.2 Å². The summed E-state index contributed by atoms with van der Waals surface area (Å²) in [6, 6.07) is 4.09. The van der Waals surface area contributed by atoms with Crippen molar-refractivity contribution in [3.63, 3.8) is 0 Å². The maximum atomic E-state index is 11.6. The van der Waals surface area contributed by atoms with Crippen molar-refractivity contribution >= 4 is 11.6 Å². The molecule has 0 N–H and O–H groups in total. The largest absolute Gasteiger partial charge is 0.333 e. The molecule has 0 aromatic carbocycles. The zero-order valence-electron chi connectivity index (χ0n) is 10.6. The minimum Gasteiger partial charge on any atom is -0.333 e. The average molecular weight is 230 g/mol. The Morgan fingerprint density at radius 1 is 1.29 bits per heavy atom. The van der Waals surface area contributed by atoms with Crippen molar-refractivity contribution in [3.05, 3.63) is 41.7 Å². The van der Waals surface area contributed by atoms with E-state index >= 15 is 0 Å². The molecule has 0 aliphatic carbocycles. The third kappa shape index (κ3) is 2.05. The first-order valence-corrected chi connectivity index (χ1v) is 5.91. The van der Waals surface area contributed by atoms with Crippen LogP contribution in [0.5, 0.6) is 0 Å². The van der Waals surface area contributed by atoms with Gasteiger partial charge in [-0.25, -0.2) is 0 Å². The molecule has 1 amide bonds. The number of nitrogens with zero attached hydrogens (tertiary/aromatic N) is 2. The molecule has 0 saturated carbocycles. The molecule has 3 nitrogen and oxygen atoms in total. The van der Waals surface area contributed by atoms with Crippen molar-refractivity contribution < 1.29 is 4.79 Å². The SMILES string of the molecule is C/C=C1/CN(C(C)=O)Cc2cccn2/C1=C/C. The Bertz CT molecular complexity index is 494. The lowest BCUT2D eigenvalue weighted by Gasteiger charge is -2.18. The van der Waals surface area contributed by atoms with Gasteiger partial charge in [0.05, 0.1) is 6.54 Å². The summed E-state index contributed by atoms with van der Waals surface area (Å²) in [6.45, 7) is 7.04. The second-order valence-electron chi connectivity index (χ2n) is 4.23. The lowest BCUT2D eigenvalue weighted by Crippen LogP contribution is -2.28. The van der Waals surface area contributed by atoms with Gasteiger partial charge in [-0.15, -0.1) is 0 Å². The monoisotopic (exact) mass is 230 g/mol. The van der Waals surface area contributed by atoms with Gasteiger partial charge in [0.2, 0.25) is 5.91 Å². The average Bonchev–Trinajstić information content (AvgIpc) is 2.69. The third-order valence-electron chi connectivity index (χ3n) is 3.20. The second-order valence-corrected chi connectivity index (χ2v) is 4.23. The van der Waals surface area contributed by atoms with Crippen molar-refractivity contribution in [2.45, 2.75) is 27.3 Å². The van der Waals surface area contributed by atoms with E-state index in [1.807, 2.05) is 24.8 Å². The van der Waals surface area contributed by atoms with Gasteiger partial charge >= 0.3 is 0 Å². The molecule has 0 unspecified atom stereocenters. The van der Waals surface area contributed by atoms with Crippen LogP contribution in [0.3, 0.4) is 0 Å². The fraction of sp³-hybridized carbons (Fsp3) is 0.357. The zero-order valence-corrected chi connectivity index (χ0v) is 10.6. The molecule has 1 aromatic rings. The summed E-state index contributed by atoms with van der Waals surface area (Å²) >= 11 is 0. The van der Waals surface area contributed by atoms with Crippen molar-refractivity contribution in [1.82, 2.24) is 9.47 Å². The molecule has 1 aliphatic heterocycles. The highest BCUT2D eigenvalue weighted by Crippen LogP contribution is 2.25. The molecular weight excluding hydrogens is 212 g/mol. The Kier molecular flexibility index (Phi) is 3.18. The predicted octanol–water partition coefficient (Wildman–Crippen LogP) is 2.66. The number of carbonyl (C=O) groups excluding carboxylic acids is 1. The lowest BCUT2D eigenvalue weighted by atomic mass is 10.1. The Balaban J connectivity index is 2.52. The standard InChI is InChI=1S/C14H18N2O/c1-4-12-9-15(11(3)17)10-13-7-6-8-16(13)14(12)5-2/h4-8H,9-10H2,1-3H3/b12-4-,14-5+. The van der Waals surface area contributed by atoms with Crippen LogP contribution in [0.15, 0.2) is 36.1 Å². The summed E-state index contributed by atoms with van der Waals surface area (Å²) in [4.78, 5) is 13.5. The van der Waals surface area contributed by atoms with E-state index in [1.54, 1.807) is 6.92 Å². The van der Waals surface area contributed by atoms with E-state index in [4.69, 9.17) is 0 Å². The molecule has 2 heterocycles. The number of amides is 1. The van der Waals surface area contributed by atoms with Gasteiger partial charge in [0.25, 0.3) is 0 Å². The first-order valence-electron chi connectivity index (χ1n) is 5.91. The quantitative estimate of drug-likeness (QED) is 0.672. The first-order chi connectivity index (χ1) is 8.17. The van der Waals surface area contributed by atoms with Crippen LogP contribution < -0.4 is 0 Å². The van der Waals surface area contributed by atoms with Gasteiger partial charge in [-0.05, 0) is 31.6 Å². The number of hydrogen-bond acceptors (Lipinski definition) is 1. The van der Waals surface area contributed by atoms with Gasteiger partial charge in [0, 0.05) is 31.1 Å². The molecular formula is C14H18N2O. The highest BCUT2D eigenvalue weighted by Gasteiger charge is 2.21. The first kappa shape index (κ1) is 11.7. The van der Waals surface area contributed by atoms with E-state index in [0.717, 1.165) is 5.69 Å². The minimum atomic E-state index is 0.120. The molecule has 0 atom stereocenters. The van der Waals surface area contributed by atoms with Crippen LogP contribution in [-0.2, 0) is 11.3 Å². The van der Waals surface area contributed by atoms with Crippen molar-refractivity contribution in [1.29, 1.82) is 0 Å². The molecule has 0 radical (unpaired) electrons. The van der Waals surface area contributed by atoms with E-state index in [9.17, 15) is 4.79 Å². The van der Waals surface area contributed by atoms with Crippen LogP contribution >= 0.6 is 0 Å². The number of aromatic nitrogens is 1. The molecule has 0 fully saturated rings. The van der Waals surface area contributed by atoms with E-state index in [-0.39, 0.29) is 5.91 Å². The van der Waals surface area contributed by atoms with Crippen LogP contribution in [0.2, 0.25) is 0 Å². The van der Waals surface area contributed by atoms with Gasteiger partial charge in [-0.2, -0.15) is 0 Å². The molecule has 0 bridgehead atoms. The molecule has 0 spiro atoms. The van der Waals surface area contributed by atoms with Gasteiger partial charge in [-0.3, -0.25) is 4.79 Å². The van der Waals surface area contributed by atoms with Gasteiger partial charge in [0.15, 0.2) is 0 Å². The lowest BCUT2D eigenvalue weighted by molar-refractivity contribution is -0.128. The highest BCUT2D eigenvalue weighted by molar-refractivity contribution is 5.76. The Morgan fingerprint density at radius 2 is 2.06 bits per heavy atom. The van der Waals surface area contributed by atoms with Crippen LogP contribution in [0, 0.1) is 0 Å². The summed E-state index contributed by atoms with van der Waals surface area (Å²) in [5, 5.41) is 0. The van der Waals surface area contributed by atoms with Crippen LogP contribution in [0.25, 0.3) is 5.70 Å². The minimum absolute atomic E-state index is 0.120. The van der Waals surface area contributed by atoms with Crippen molar-refractivity contribution in [2.75, 3.05) is 6.54 Å². The molecule has 90 valence electrons.